The fourth-order valence-electron chi connectivity index (χ4n) is 1.93. The number of ether oxygens (including phenoxy) is 1. The largest absolute Gasteiger partial charge is 0.423 e. The summed E-state index contributed by atoms with van der Waals surface area (Å²) in [6.45, 7) is 0. The van der Waals surface area contributed by atoms with E-state index in [0.717, 1.165) is 4.88 Å². The first kappa shape index (κ1) is 14.8. The molecule has 1 saturated heterocycles. The normalized spacial score (nSPS) is 15.6. The lowest BCUT2D eigenvalue weighted by Gasteiger charge is -2.08. The topological polar surface area (TPSA) is 26.3 Å². The molecule has 0 atom stereocenters. The SMILES string of the molecule is O=C(/C=C/c1cccs1)Oc1ccc(C2SCCS2)cc1. The molecular weight excluding hydrogens is 320 g/mol. The third-order valence-corrected chi connectivity index (χ3v) is 6.86. The van der Waals surface area contributed by atoms with Crippen LogP contribution in [0.3, 0.4) is 0 Å². The molecule has 0 amide bonds. The number of carbonyl (C=O) groups excluding carboxylic acids is 1. The maximum atomic E-state index is 11.7. The Hall–Kier alpha value is -1.17. The van der Waals surface area contributed by atoms with Crippen molar-refractivity contribution in [2.24, 2.45) is 0 Å². The number of rotatable bonds is 4. The number of hydrogen-bond donors (Lipinski definition) is 0. The van der Waals surface area contributed by atoms with Crippen molar-refractivity contribution in [1.29, 1.82) is 0 Å². The van der Waals surface area contributed by atoms with Crippen molar-refractivity contribution < 1.29 is 9.53 Å². The lowest BCUT2D eigenvalue weighted by atomic mass is 10.2. The van der Waals surface area contributed by atoms with Crippen molar-refractivity contribution in [3.05, 3.63) is 58.3 Å². The second-order valence-corrected chi connectivity index (χ2v) is 8.12. The van der Waals surface area contributed by atoms with E-state index in [2.05, 4.69) is 0 Å². The van der Waals surface area contributed by atoms with E-state index < -0.39 is 0 Å². The molecule has 1 fully saturated rings. The van der Waals surface area contributed by atoms with Crippen LogP contribution >= 0.6 is 34.9 Å². The molecule has 1 aromatic heterocycles. The number of thiophene rings is 1. The predicted molar refractivity (Wildman–Crippen MR) is 93.1 cm³/mol. The number of esters is 1. The van der Waals surface area contributed by atoms with Gasteiger partial charge in [-0.3, -0.25) is 0 Å². The molecule has 21 heavy (non-hydrogen) atoms. The van der Waals surface area contributed by atoms with Gasteiger partial charge in [-0.1, -0.05) is 18.2 Å². The summed E-state index contributed by atoms with van der Waals surface area (Å²) in [5.74, 6) is 2.66. The standard InChI is InChI=1S/C16H14O2S3/c17-15(8-7-14-2-1-9-19-14)18-13-5-3-12(4-6-13)16-20-10-11-21-16/h1-9,16H,10-11H2/b8-7+. The average molecular weight is 334 g/mol. The van der Waals surface area contributed by atoms with Crippen molar-refractivity contribution in [2.75, 3.05) is 11.5 Å². The minimum atomic E-state index is -0.347. The first-order valence-electron chi connectivity index (χ1n) is 6.58. The van der Waals surface area contributed by atoms with E-state index in [4.69, 9.17) is 4.74 Å². The van der Waals surface area contributed by atoms with Gasteiger partial charge in [-0.25, -0.2) is 4.79 Å². The summed E-state index contributed by atoms with van der Waals surface area (Å²) in [6.07, 6.45) is 3.23. The minimum absolute atomic E-state index is 0.347. The molecule has 2 aromatic rings. The third kappa shape index (κ3) is 4.15. The van der Waals surface area contributed by atoms with Crippen molar-refractivity contribution in [3.63, 3.8) is 0 Å². The van der Waals surface area contributed by atoms with Crippen LogP contribution in [0.25, 0.3) is 6.08 Å². The number of benzene rings is 1. The fourth-order valence-corrected chi connectivity index (χ4v) is 5.41. The molecule has 2 nitrogen and oxygen atoms in total. The molecule has 2 heterocycles. The number of thioether (sulfide) groups is 2. The summed E-state index contributed by atoms with van der Waals surface area (Å²) in [7, 11) is 0. The minimum Gasteiger partial charge on any atom is -0.423 e. The zero-order valence-electron chi connectivity index (χ0n) is 11.2. The van der Waals surface area contributed by atoms with Gasteiger partial charge in [0.25, 0.3) is 0 Å². The summed E-state index contributed by atoms with van der Waals surface area (Å²) in [5.41, 5.74) is 1.29. The quantitative estimate of drug-likeness (QED) is 0.454. The monoisotopic (exact) mass is 334 g/mol. The van der Waals surface area contributed by atoms with Crippen LogP contribution in [0.4, 0.5) is 0 Å². The lowest BCUT2D eigenvalue weighted by Crippen LogP contribution is -2.03. The van der Waals surface area contributed by atoms with E-state index in [0.29, 0.717) is 10.3 Å². The lowest BCUT2D eigenvalue weighted by molar-refractivity contribution is -0.128. The van der Waals surface area contributed by atoms with Crippen LogP contribution < -0.4 is 4.74 Å². The van der Waals surface area contributed by atoms with E-state index in [9.17, 15) is 4.79 Å². The van der Waals surface area contributed by atoms with Gasteiger partial charge in [-0.2, -0.15) is 0 Å². The van der Waals surface area contributed by atoms with Gasteiger partial charge in [0.1, 0.15) is 5.75 Å². The van der Waals surface area contributed by atoms with Crippen molar-refractivity contribution in [3.8, 4) is 5.75 Å². The van der Waals surface area contributed by atoms with Crippen molar-refractivity contribution in [1.82, 2.24) is 0 Å². The van der Waals surface area contributed by atoms with Gasteiger partial charge in [0.15, 0.2) is 0 Å². The van der Waals surface area contributed by atoms with Gasteiger partial charge in [0.2, 0.25) is 0 Å². The van der Waals surface area contributed by atoms with Crippen LogP contribution in [-0.4, -0.2) is 17.5 Å². The second kappa shape index (κ2) is 7.20. The molecule has 0 spiro atoms. The molecule has 5 heteroatoms. The van der Waals surface area contributed by atoms with E-state index in [1.807, 2.05) is 65.3 Å². The Balaban J connectivity index is 1.58. The van der Waals surface area contributed by atoms with Crippen molar-refractivity contribution in [2.45, 2.75) is 4.58 Å². The first-order chi connectivity index (χ1) is 10.3. The summed E-state index contributed by atoms with van der Waals surface area (Å²) < 4.78 is 5.82. The zero-order chi connectivity index (χ0) is 14.5. The van der Waals surface area contributed by atoms with E-state index in [-0.39, 0.29) is 5.97 Å². The van der Waals surface area contributed by atoms with E-state index in [1.165, 1.54) is 23.1 Å². The highest BCUT2D eigenvalue weighted by molar-refractivity contribution is 8.19. The molecule has 0 saturated carbocycles. The van der Waals surface area contributed by atoms with Gasteiger partial charge >= 0.3 is 5.97 Å². The molecule has 0 unspecified atom stereocenters. The molecule has 1 aliphatic heterocycles. The molecule has 0 radical (unpaired) electrons. The van der Waals surface area contributed by atoms with Gasteiger partial charge in [0.05, 0.1) is 4.58 Å². The smallest absolute Gasteiger partial charge is 0.336 e. The molecule has 1 aliphatic rings. The number of hydrogen-bond acceptors (Lipinski definition) is 5. The molecule has 108 valence electrons. The van der Waals surface area contributed by atoms with Crippen LogP contribution in [0, 0.1) is 0 Å². The molecule has 1 aromatic carbocycles. The molecule has 0 N–H and O–H groups in total. The molecule has 0 bridgehead atoms. The Kier molecular flexibility index (Phi) is 5.06. The Labute approximate surface area is 136 Å². The van der Waals surface area contributed by atoms with E-state index in [1.54, 1.807) is 17.4 Å². The molecule has 0 aliphatic carbocycles. The zero-order valence-corrected chi connectivity index (χ0v) is 13.7. The Morgan fingerprint density at radius 2 is 1.90 bits per heavy atom. The molecule has 3 rings (SSSR count). The fraction of sp³-hybridized carbons (Fsp3) is 0.188. The second-order valence-electron chi connectivity index (χ2n) is 4.41. The summed E-state index contributed by atoms with van der Waals surface area (Å²) in [5, 5.41) is 1.97. The van der Waals surface area contributed by atoms with Crippen LogP contribution in [-0.2, 0) is 4.79 Å². The van der Waals surface area contributed by atoms with Gasteiger partial charge in [-0.05, 0) is 35.2 Å². The maximum Gasteiger partial charge on any atom is 0.336 e. The van der Waals surface area contributed by atoms with E-state index >= 15 is 0 Å². The summed E-state index contributed by atoms with van der Waals surface area (Å²) >= 11 is 5.52. The number of carbonyl (C=O) groups is 1. The Morgan fingerprint density at radius 1 is 1.14 bits per heavy atom. The highest BCUT2D eigenvalue weighted by atomic mass is 32.2. The van der Waals surface area contributed by atoms with Crippen molar-refractivity contribution >= 4 is 46.9 Å². The highest BCUT2D eigenvalue weighted by Crippen LogP contribution is 2.45. The Bertz CT molecular complexity index is 611. The van der Waals surface area contributed by atoms with Crippen LogP contribution in [0.2, 0.25) is 0 Å². The summed E-state index contributed by atoms with van der Waals surface area (Å²) in [4.78, 5) is 12.8. The average Bonchev–Trinajstić information content (AvgIpc) is 3.19. The summed E-state index contributed by atoms with van der Waals surface area (Å²) in [6, 6.07) is 11.7. The first-order valence-corrected chi connectivity index (χ1v) is 9.55. The molecular formula is C16H14O2S3. The Morgan fingerprint density at radius 3 is 2.57 bits per heavy atom. The highest BCUT2D eigenvalue weighted by Gasteiger charge is 2.18. The van der Waals surface area contributed by atoms with Gasteiger partial charge in [0, 0.05) is 22.5 Å². The van der Waals surface area contributed by atoms with Crippen LogP contribution in [0.15, 0.2) is 47.9 Å². The van der Waals surface area contributed by atoms with Gasteiger partial charge < -0.3 is 4.74 Å². The maximum absolute atomic E-state index is 11.7. The van der Waals surface area contributed by atoms with Crippen LogP contribution in [0.1, 0.15) is 15.0 Å². The van der Waals surface area contributed by atoms with Gasteiger partial charge in [-0.15, -0.1) is 34.9 Å². The predicted octanol–water partition coefficient (Wildman–Crippen LogP) is 4.85. The third-order valence-electron chi connectivity index (χ3n) is 2.92. The van der Waals surface area contributed by atoms with Crippen LogP contribution in [0.5, 0.6) is 5.75 Å².